The number of methoxy groups -OCH3 is 1. The number of carbonyl (C=O) groups is 1. The Morgan fingerprint density at radius 3 is 2.54 bits per heavy atom. The van der Waals surface area contributed by atoms with Crippen molar-refractivity contribution < 1.29 is 19.4 Å². The first-order valence-corrected chi connectivity index (χ1v) is 13.1. The number of benzene rings is 3. The van der Waals surface area contributed by atoms with Gasteiger partial charge in [0, 0.05) is 17.5 Å². The molecule has 0 saturated carbocycles. The first-order chi connectivity index (χ1) is 18.0. The van der Waals surface area contributed by atoms with Crippen molar-refractivity contribution in [1.82, 2.24) is 4.90 Å². The Balaban J connectivity index is 1.17. The summed E-state index contributed by atoms with van der Waals surface area (Å²) in [6, 6.07) is 22.8. The Bertz CT molecular complexity index is 1270. The molecule has 192 valence electrons. The van der Waals surface area contributed by atoms with Gasteiger partial charge in [0.1, 0.15) is 18.1 Å². The Labute approximate surface area is 219 Å². The molecule has 0 aromatic heterocycles. The molecular weight excluding hydrogens is 462 g/mol. The maximum absolute atomic E-state index is 11.0. The highest BCUT2D eigenvalue weighted by Crippen LogP contribution is 2.44. The number of carboxylic acid groups (broad SMARTS) is 1. The van der Waals surface area contributed by atoms with E-state index in [-0.39, 0.29) is 17.8 Å². The number of hydrogen-bond donors (Lipinski definition) is 1. The molecule has 37 heavy (non-hydrogen) atoms. The predicted molar refractivity (Wildman–Crippen MR) is 146 cm³/mol. The molecule has 5 rings (SSSR count). The number of carboxylic acids is 1. The molecule has 1 unspecified atom stereocenters. The van der Waals surface area contributed by atoms with E-state index in [1.165, 1.54) is 16.7 Å². The monoisotopic (exact) mass is 497 g/mol. The van der Waals surface area contributed by atoms with Crippen molar-refractivity contribution in [3.63, 3.8) is 0 Å². The third-order valence-corrected chi connectivity index (χ3v) is 7.91. The average molecular weight is 498 g/mol. The molecule has 5 heteroatoms. The van der Waals surface area contributed by atoms with Gasteiger partial charge >= 0.3 is 5.97 Å². The maximum Gasteiger partial charge on any atom is 0.303 e. The molecular formula is C32H35NO4. The molecule has 0 bridgehead atoms. The molecule has 1 atom stereocenters. The number of ether oxygens (including phenoxy) is 2. The van der Waals surface area contributed by atoms with Crippen LogP contribution < -0.4 is 9.47 Å². The number of fused-ring (bicyclic) bond motifs is 2. The Kier molecular flexibility index (Phi) is 7.33. The van der Waals surface area contributed by atoms with Crippen molar-refractivity contribution in [2.75, 3.05) is 20.2 Å². The largest absolute Gasteiger partial charge is 0.496 e. The van der Waals surface area contributed by atoms with Gasteiger partial charge in [0.25, 0.3) is 0 Å². The van der Waals surface area contributed by atoms with E-state index < -0.39 is 5.97 Å². The fourth-order valence-electron chi connectivity index (χ4n) is 5.67. The van der Waals surface area contributed by atoms with E-state index in [0.717, 1.165) is 55.1 Å². The zero-order valence-corrected chi connectivity index (χ0v) is 21.7. The molecule has 1 aliphatic heterocycles. The minimum absolute atomic E-state index is 0.0285. The predicted octanol–water partition coefficient (Wildman–Crippen LogP) is 6.41. The average Bonchev–Trinajstić information content (AvgIpc) is 3.27. The van der Waals surface area contributed by atoms with Crippen LogP contribution in [0, 0.1) is 0 Å². The van der Waals surface area contributed by atoms with E-state index in [9.17, 15) is 4.79 Å². The third kappa shape index (κ3) is 5.57. The number of allylic oxidation sites excluding steroid dienone is 1. The lowest BCUT2D eigenvalue weighted by atomic mass is 9.74. The summed E-state index contributed by atoms with van der Waals surface area (Å²) in [5.41, 5.74) is 6.30. The number of hydrogen-bond acceptors (Lipinski definition) is 4. The van der Waals surface area contributed by atoms with Crippen molar-refractivity contribution in [1.29, 1.82) is 0 Å². The van der Waals surface area contributed by atoms with E-state index in [4.69, 9.17) is 14.6 Å². The van der Waals surface area contributed by atoms with Crippen LogP contribution in [0.1, 0.15) is 59.9 Å². The lowest BCUT2D eigenvalue weighted by Crippen LogP contribution is -2.40. The van der Waals surface area contributed by atoms with E-state index >= 15 is 0 Å². The van der Waals surface area contributed by atoms with Crippen molar-refractivity contribution in [3.8, 4) is 11.5 Å². The molecule has 1 heterocycles. The SMILES string of the molecule is COc1cc(COc2ccc(C(C)CC(=O)O)cc2)ccc1CN1CCC2(C=Cc3ccccc32)CC1. The van der Waals surface area contributed by atoms with Gasteiger partial charge in [-0.2, -0.15) is 0 Å². The fourth-order valence-corrected chi connectivity index (χ4v) is 5.67. The summed E-state index contributed by atoms with van der Waals surface area (Å²) in [4.78, 5) is 13.5. The first-order valence-electron chi connectivity index (χ1n) is 13.1. The summed E-state index contributed by atoms with van der Waals surface area (Å²) >= 11 is 0. The van der Waals surface area contributed by atoms with Crippen molar-refractivity contribution in [2.45, 2.75) is 50.7 Å². The molecule has 1 aliphatic carbocycles. The van der Waals surface area contributed by atoms with Crippen LogP contribution in [0.15, 0.2) is 72.8 Å². The highest BCUT2D eigenvalue weighted by atomic mass is 16.5. The molecule has 5 nitrogen and oxygen atoms in total. The summed E-state index contributed by atoms with van der Waals surface area (Å²) in [6.07, 6.45) is 7.12. The van der Waals surface area contributed by atoms with Gasteiger partial charge in [-0.05, 0) is 72.3 Å². The molecule has 2 aliphatic rings. The van der Waals surface area contributed by atoms with E-state index in [1.807, 2.05) is 31.2 Å². The third-order valence-electron chi connectivity index (χ3n) is 7.91. The number of piperidine rings is 1. The summed E-state index contributed by atoms with van der Waals surface area (Å²) < 4.78 is 11.7. The van der Waals surface area contributed by atoms with Crippen LogP contribution >= 0.6 is 0 Å². The Morgan fingerprint density at radius 1 is 1.05 bits per heavy atom. The minimum atomic E-state index is -0.786. The lowest BCUT2D eigenvalue weighted by Gasteiger charge is -2.39. The Hall–Kier alpha value is -3.57. The fraction of sp³-hybridized carbons (Fsp3) is 0.344. The minimum Gasteiger partial charge on any atom is -0.496 e. The highest BCUT2D eigenvalue weighted by molar-refractivity contribution is 5.68. The van der Waals surface area contributed by atoms with Crippen LogP contribution in [0.5, 0.6) is 11.5 Å². The summed E-state index contributed by atoms with van der Waals surface area (Å²) in [7, 11) is 1.73. The van der Waals surface area contributed by atoms with Gasteiger partial charge in [-0.3, -0.25) is 9.69 Å². The maximum atomic E-state index is 11.0. The molecule has 1 spiro atoms. The van der Waals surface area contributed by atoms with Gasteiger partial charge in [0.15, 0.2) is 0 Å². The topological polar surface area (TPSA) is 59.0 Å². The normalized spacial score (nSPS) is 16.9. The van der Waals surface area contributed by atoms with Crippen LogP contribution in [0.2, 0.25) is 0 Å². The Morgan fingerprint density at radius 2 is 1.81 bits per heavy atom. The van der Waals surface area contributed by atoms with Crippen LogP contribution in [0.4, 0.5) is 0 Å². The molecule has 1 fully saturated rings. The van der Waals surface area contributed by atoms with E-state index in [2.05, 4.69) is 59.5 Å². The van der Waals surface area contributed by atoms with E-state index in [0.29, 0.717) is 6.61 Å². The molecule has 0 amide bonds. The standard InChI is InChI=1S/C32H35NO4/c1-23(19-31(34)35)25-9-11-28(12-10-25)37-22-24-7-8-27(30(20-24)36-2)21-33-17-15-32(16-18-33)14-13-26-5-3-4-6-29(26)32/h3-14,20,23H,15-19,21-22H2,1-2H3,(H,34,35). The lowest BCUT2D eigenvalue weighted by molar-refractivity contribution is -0.137. The van der Waals surface area contributed by atoms with Crippen molar-refractivity contribution in [3.05, 3.63) is 101 Å². The highest BCUT2D eigenvalue weighted by Gasteiger charge is 2.37. The number of aliphatic carboxylic acids is 1. The van der Waals surface area contributed by atoms with Gasteiger partial charge in [0.05, 0.1) is 13.5 Å². The number of nitrogens with zero attached hydrogens (tertiary/aromatic N) is 1. The van der Waals surface area contributed by atoms with Crippen LogP contribution in [0.3, 0.4) is 0 Å². The van der Waals surface area contributed by atoms with Crippen molar-refractivity contribution in [2.24, 2.45) is 0 Å². The van der Waals surface area contributed by atoms with Gasteiger partial charge in [-0.15, -0.1) is 0 Å². The molecule has 3 aromatic carbocycles. The van der Waals surface area contributed by atoms with Gasteiger partial charge in [-0.1, -0.05) is 67.6 Å². The zero-order chi connectivity index (χ0) is 25.8. The smallest absolute Gasteiger partial charge is 0.303 e. The number of likely N-dealkylation sites (tertiary alicyclic amines) is 1. The second-order valence-corrected chi connectivity index (χ2v) is 10.4. The van der Waals surface area contributed by atoms with Crippen molar-refractivity contribution >= 4 is 12.0 Å². The van der Waals surface area contributed by atoms with Crippen LogP contribution in [-0.2, 0) is 23.4 Å². The van der Waals surface area contributed by atoms with Gasteiger partial charge in [0.2, 0.25) is 0 Å². The summed E-state index contributed by atoms with van der Waals surface area (Å²) in [5.74, 6) is 0.842. The zero-order valence-electron chi connectivity index (χ0n) is 21.7. The molecule has 3 aromatic rings. The van der Waals surface area contributed by atoms with E-state index in [1.54, 1.807) is 7.11 Å². The quantitative estimate of drug-likeness (QED) is 0.370. The first kappa shape index (κ1) is 25.1. The van der Waals surface area contributed by atoms with Crippen LogP contribution in [0.25, 0.3) is 6.08 Å². The van der Waals surface area contributed by atoms with Crippen LogP contribution in [-0.4, -0.2) is 36.2 Å². The molecule has 1 saturated heterocycles. The second-order valence-electron chi connectivity index (χ2n) is 10.4. The van der Waals surface area contributed by atoms with Gasteiger partial charge in [-0.25, -0.2) is 0 Å². The second kappa shape index (κ2) is 10.8. The number of rotatable bonds is 9. The molecule has 1 N–H and O–H groups in total. The summed E-state index contributed by atoms with van der Waals surface area (Å²) in [5, 5.41) is 9.00. The summed E-state index contributed by atoms with van der Waals surface area (Å²) in [6.45, 7) is 5.37. The molecule has 0 radical (unpaired) electrons. The van der Waals surface area contributed by atoms with Gasteiger partial charge < -0.3 is 14.6 Å².